The van der Waals surface area contributed by atoms with E-state index in [1.165, 1.54) is 36.4 Å². The van der Waals surface area contributed by atoms with E-state index in [9.17, 15) is 18.4 Å². The first-order valence-corrected chi connectivity index (χ1v) is 9.82. The van der Waals surface area contributed by atoms with E-state index < -0.39 is 0 Å². The lowest BCUT2D eigenvalue weighted by Crippen LogP contribution is -2.59. The molecule has 1 fully saturated rings. The highest BCUT2D eigenvalue weighted by atomic mass is 19.1. The fourth-order valence-corrected chi connectivity index (χ4v) is 3.41. The SMILES string of the molecule is CC1CN(C(=O)/C=C/c2ccc(F)cc2)C(C)CN1C(=O)/C=C/c1ccc(F)cc1. The van der Waals surface area contributed by atoms with Gasteiger partial charge < -0.3 is 9.80 Å². The van der Waals surface area contributed by atoms with Crippen molar-refractivity contribution in [2.45, 2.75) is 25.9 Å². The van der Waals surface area contributed by atoms with E-state index in [1.807, 2.05) is 13.8 Å². The molecule has 0 bridgehead atoms. The predicted molar refractivity (Wildman–Crippen MR) is 113 cm³/mol. The zero-order chi connectivity index (χ0) is 21.7. The zero-order valence-electron chi connectivity index (χ0n) is 17.0. The van der Waals surface area contributed by atoms with E-state index in [2.05, 4.69) is 0 Å². The Hall–Kier alpha value is -3.28. The smallest absolute Gasteiger partial charge is 0.246 e. The molecule has 1 aliphatic heterocycles. The monoisotopic (exact) mass is 410 g/mol. The second kappa shape index (κ2) is 9.48. The van der Waals surface area contributed by atoms with Crippen LogP contribution in [0, 0.1) is 11.6 Å². The number of amides is 2. The van der Waals surface area contributed by atoms with Crippen molar-refractivity contribution in [3.8, 4) is 0 Å². The average molecular weight is 410 g/mol. The van der Waals surface area contributed by atoms with Crippen LogP contribution in [0.3, 0.4) is 0 Å². The van der Waals surface area contributed by atoms with Crippen LogP contribution in [-0.2, 0) is 9.59 Å². The molecule has 2 amide bonds. The van der Waals surface area contributed by atoms with Gasteiger partial charge in [0.2, 0.25) is 11.8 Å². The molecule has 2 atom stereocenters. The van der Waals surface area contributed by atoms with Crippen molar-refractivity contribution in [1.82, 2.24) is 9.80 Å². The highest BCUT2D eigenvalue weighted by molar-refractivity contribution is 5.94. The van der Waals surface area contributed by atoms with Gasteiger partial charge in [0.15, 0.2) is 0 Å². The molecule has 1 aliphatic rings. The van der Waals surface area contributed by atoms with Crippen LogP contribution in [0.2, 0.25) is 0 Å². The molecule has 0 saturated carbocycles. The summed E-state index contributed by atoms with van der Waals surface area (Å²) in [6, 6.07) is 11.5. The summed E-state index contributed by atoms with van der Waals surface area (Å²) in [5, 5.41) is 0. The number of hydrogen-bond donors (Lipinski definition) is 0. The molecule has 0 spiro atoms. The minimum absolute atomic E-state index is 0.144. The van der Waals surface area contributed by atoms with Gasteiger partial charge in [0.25, 0.3) is 0 Å². The molecule has 30 heavy (non-hydrogen) atoms. The number of rotatable bonds is 4. The van der Waals surface area contributed by atoms with Crippen molar-refractivity contribution in [3.05, 3.63) is 83.4 Å². The quantitative estimate of drug-likeness (QED) is 0.711. The van der Waals surface area contributed by atoms with E-state index in [0.29, 0.717) is 13.1 Å². The molecule has 6 heteroatoms. The van der Waals surface area contributed by atoms with Crippen molar-refractivity contribution in [3.63, 3.8) is 0 Å². The Labute approximate surface area is 175 Å². The summed E-state index contributed by atoms with van der Waals surface area (Å²) in [6.45, 7) is 4.65. The summed E-state index contributed by atoms with van der Waals surface area (Å²) in [7, 11) is 0. The largest absolute Gasteiger partial charge is 0.333 e. The molecule has 0 radical (unpaired) electrons. The van der Waals surface area contributed by atoms with E-state index in [4.69, 9.17) is 0 Å². The Kier molecular flexibility index (Phi) is 6.77. The molecule has 0 aliphatic carbocycles. The van der Waals surface area contributed by atoms with Crippen molar-refractivity contribution in [2.75, 3.05) is 13.1 Å². The Balaban J connectivity index is 1.61. The fourth-order valence-electron chi connectivity index (χ4n) is 3.41. The number of carbonyl (C=O) groups excluding carboxylic acids is 2. The van der Waals surface area contributed by atoms with Gasteiger partial charge in [-0.1, -0.05) is 24.3 Å². The lowest BCUT2D eigenvalue weighted by Gasteiger charge is -2.43. The number of nitrogens with zero attached hydrogens (tertiary/aromatic N) is 2. The highest BCUT2D eigenvalue weighted by Gasteiger charge is 2.32. The van der Waals surface area contributed by atoms with E-state index in [-0.39, 0.29) is 35.5 Å². The summed E-state index contributed by atoms with van der Waals surface area (Å²) >= 11 is 0. The number of piperazine rings is 1. The number of benzene rings is 2. The molecule has 4 nitrogen and oxygen atoms in total. The van der Waals surface area contributed by atoms with Gasteiger partial charge in [-0.3, -0.25) is 9.59 Å². The Bertz CT molecular complexity index is 873. The van der Waals surface area contributed by atoms with Crippen LogP contribution in [0.4, 0.5) is 8.78 Å². The van der Waals surface area contributed by atoms with Gasteiger partial charge in [0, 0.05) is 37.3 Å². The molecule has 156 valence electrons. The third kappa shape index (κ3) is 5.41. The number of carbonyl (C=O) groups is 2. The zero-order valence-corrected chi connectivity index (χ0v) is 17.0. The molecule has 1 saturated heterocycles. The van der Waals surface area contributed by atoms with Crippen molar-refractivity contribution in [2.24, 2.45) is 0 Å². The molecular weight excluding hydrogens is 386 g/mol. The first-order chi connectivity index (χ1) is 14.3. The van der Waals surface area contributed by atoms with Crippen LogP contribution in [0.15, 0.2) is 60.7 Å². The van der Waals surface area contributed by atoms with E-state index >= 15 is 0 Å². The molecule has 0 N–H and O–H groups in total. The first kappa shape index (κ1) is 21.4. The summed E-state index contributed by atoms with van der Waals surface area (Å²) in [5.74, 6) is -0.939. The third-order valence-corrected chi connectivity index (χ3v) is 5.13. The Morgan fingerprint density at radius 3 is 1.40 bits per heavy atom. The molecule has 3 rings (SSSR count). The third-order valence-electron chi connectivity index (χ3n) is 5.13. The standard InChI is InChI=1S/C24H24F2N2O2/c1-17-15-28(24(30)14-8-20-5-11-22(26)12-6-20)18(2)16-27(17)23(29)13-7-19-3-9-21(25)10-4-19/h3-14,17-18H,15-16H2,1-2H3/b13-7+,14-8+. The number of hydrogen-bond acceptors (Lipinski definition) is 2. The molecule has 0 aromatic heterocycles. The van der Waals surface area contributed by atoms with Gasteiger partial charge in [-0.15, -0.1) is 0 Å². The lowest BCUT2D eigenvalue weighted by molar-refractivity contribution is -0.139. The summed E-state index contributed by atoms with van der Waals surface area (Å²) in [4.78, 5) is 28.7. The summed E-state index contributed by atoms with van der Waals surface area (Å²) in [6.07, 6.45) is 6.26. The topological polar surface area (TPSA) is 40.6 Å². The maximum atomic E-state index is 13.0. The minimum atomic E-state index is -0.324. The van der Waals surface area contributed by atoms with Gasteiger partial charge in [0.05, 0.1) is 0 Å². The van der Waals surface area contributed by atoms with Crippen LogP contribution >= 0.6 is 0 Å². The van der Waals surface area contributed by atoms with Crippen molar-refractivity contribution >= 4 is 24.0 Å². The van der Waals surface area contributed by atoms with Gasteiger partial charge in [-0.05, 0) is 61.4 Å². The minimum Gasteiger partial charge on any atom is -0.333 e. The lowest BCUT2D eigenvalue weighted by atomic mass is 10.1. The van der Waals surface area contributed by atoms with Gasteiger partial charge in [-0.25, -0.2) is 8.78 Å². The molecular formula is C24H24F2N2O2. The number of halogens is 2. The average Bonchev–Trinajstić information content (AvgIpc) is 2.73. The van der Waals surface area contributed by atoms with Crippen molar-refractivity contribution < 1.29 is 18.4 Å². The van der Waals surface area contributed by atoms with Crippen LogP contribution in [-0.4, -0.2) is 46.8 Å². The normalized spacial score (nSPS) is 19.6. The van der Waals surface area contributed by atoms with Crippen LogP contribution in [0.5, 0.6) is 0 Å². The van der Waals surface area contributed by atoms with Crippen LogP contribution < -0.4 is 0 Å². The van der Waals surface area contributed by atoms with Gasteiger partial charge in [-0.2, -0.15) is 0 Å². The molecule has 1 heterocycles. The highest BCUT2D eigenvalue weighted by Crippen LogP contribution is 2.17. The van der Waals surface area contributed by atoms with E-state index in [0.717, 1.165) is 11.1 Å². The summed E-state index contributed by atoms with van der Waals surface area (Å²) in [5.41, 5.74) is 1.48. The molecule has 2 aromatic carbocycles. The first-order valence-electron chi connectivity index (χ1n) is 9.82. The van der Waals surface area contributed by atoms with Crippen molar-refractivity contribution in [1.29, 1.82) is 0 Å². The Morgan fingerprint density at radius 1 is 0.733 bits per heavy atom. The Morgan fingerprint density at radius 2 is 1.07 bits per heavy atom. The molecule has 2 aromatic rings. The van der Waals surface area contributed by atoms with Crippen LogP contribution in [0.1, 0.15) is 25.0 Å². The maximum absolute atomic E-state index is 13.0. The van der Waals surface area contributed by atoms with Gasteiger partial charge in [0.1, 0.15) is 11.6 Å². The summed E-state index contributed by atoms with van der Waals surface area (Å²) < 4.78 is 26.0. The predicted octanol–water partition coefficient (Wildman–Crippen LogP) is 4.14. The maximum Gasteiger partial charge on any atom is 0.246 e. The van der Waals surface area contributed by atoms with Crippen LogP contribution in [0.25, 0.3) is 12.2 Å². The fraction of sp³-hybridized carbons (Fsp3) is 0.250. The second-order valence-corrected chi connectivity index (χ2v) is 7.45. The second-order valence-electron chi connectivity index (χ2n) is 7.45. The van der Waals surface area contributed by atoms with Gasteiger partial charge >= 0.3 is 0 Å². The molecule has 2 unspecified atom stereocenters. The van der Waals surface area contributed by atoms with E-state index in [1.54, 1.807) is 46.2 Å².